The van der Waals surface area contributed by atoms with Gasteiger partial charge in [-0.05, 0) is 36.4 Å². The van der Waals surface area contributed by atoms with Crippen molar-refractivity contribution in [3.05, 3.63) is 58.7 Å². The van der Waals surface area contributed by atoms with E-state index in [2.05, 4.69) is 0 Å². The normalized spacial score (nSPS) is 11.1. The third-order valence-corrected chi connectivity index (χ3v) is 4.33. The van der Waals surface area contributed by atoms with Gasteiger partial charge in [0.25, 0.3) is 0 Å². The number of benzene rings is 2. The Kier molecular flexibility index (Phi) is 9.06. The second-order valence-corrected chi connectivity index (χ2v) is 6.45. The van der Waals surface area contributed by atoms with Gasteiger partial charge in [0.15, 0.2) is 0 Å². The minimum atomic E-state index is -1.34. The van der Waals surface area contributed by atoms with Crippen LogP contribution in [0, 0.1) is 22.7 Å². The Morgan fingerprint density at radius 2 is 1.18 bits per heavy atom. The highest BCUT2D eigenvalue weighted by molar-refractivity contribution is 5.97. The minimum Gasteiger partial charge on any atom is -0.496 e. The average molecular weight is 464 g/mol. The predicted molar refractivity (Wildman–Crippen MR) is 119 cm³/mol. The van der Waals surface area contributed by atoms with Gasteiger partial charge in [-0.15, -0.1) is 0 Å². The Bertz CT molecular complexity index is 1120. The molecule has 0 aromatic heterocycles. The summed E-state index contributed by atoms with van der Waals surface area (Å²) in [7, 11) is 2.82. The first-order valence-corrected chi connectivity index (χ1v) is 9.64. The van der Waals surface area contributed by atoms with Gasteiger partial charge in [-0.2, -0.15) is 10.5 Å². The molecule has 0 aliphatic heterocycles. The molecule has 10 heteroatoms. The van der Waals surface area contributed by atoms with Gasteiger partial charge < -0.3 is 29.2 Å². The molecule has 0 unspecified atom stereocenters. The Morgan fingerprint density at radius 3 is 1.47 bits per heavy atom. The third-order valence-electron chi connectivity index (χ3n) is 4.33. The van der Waals surface area contributed by atoms with E-state index in [0.29, 0.717) is 34.1 Å². The summed E-state index contributed by atoms with van der Waals surface area (Å²) in [6, 6.07) is 12.7. The van der Waals surface area contributed by atoms with Crippen molar-refractivity contribution in [3.8, 4) is 35.1 Å². The highest BCUT2D eigenvalue weighted by atomic mass is 16.5. The van der Waals surface area contributed by atoms with Crippen molar-refractivity contribution >= 4 is 24.1 Å². The zero-order valence-electron chi connectivity index (χ0n) is 18.3. The van der Waals surface area contributed by atoms with Gasteiger partial charge in [-0.1, -0.05) is 0 Å². The van der Waals surface area contributed by atoms with Crippen molar-refractivity contribution in [2.45, 2.75) is 0 Å². The number of rotatable bonds is 11. The lowest BCUT2D eigenvalue weighted by Gasteiger charge is -2.12. The van der Waals surface area contributed by atoms with Crippen LogP contribution in [0.3, 0.4) is 0 Å². The fourth-order valence-corrected chi connectivity index (χ4v) is 2.71. The SMILES string of the molecule is COc1cc(OCCOc2ccc(/C=C(/C#N)C(=O)O)c(OC)c2)ccc1/C=C(/C#N)C(=O)O. The number of carboxylic acid groups (broad SMARTS) is 2. The van der Waals surface area contributed by atoms with E-state index in [1.165, 1.54) is 26.4 Å². The second kappa shape index (κ2) is 12.2. The highest BCUT2D eigenvalue weighted by Gasteiger charge is 2.11. The fourth-order valence-electron chi connectivity index (χ4n) is 2.71. The number of methoxy groups -OCH3 is 2. The van der Waals surface area contributed by atoms with Crippen molar-refractivity contribution < 1.29 is 38.7 Å². The standard InChI is InChI=1S/C24H20N2O8/c1-31-21-11-19(5-3-15(21)9-17(13-25)23(27)28)33-7-8-34-20-6-4-16(22(12-20)32-2)10-18(14-26)24(29)30/h3-6,9-12H,7-8H2,1-2H3,(H,27,28)(H,29,30)/b17-9-,18-10-. The molecule has 0 spiro atoms. The summed E-state index contributed by atoms with van der Waals surface area (Å²) < 4.78 is 21.7. The van der Waals surface area contributed by atoms with Gasteiger partial charge in [0.2, 0.25) is 0 Å². The average Bonchev–Trinajstić information content (AvgIpc) is 2.83. The number of nitriles is 2. The summed E-state index contributed by atoms with van der Waals surface area (Å²) in [5.74, 6) is -1.12. The first-order valence-electron chi connectivity index (χ1n) is 9.64. The van der Waals surface area contributed by atoms with E-state index >= 15 is 0 Å². The molecule has 0 aliphatic rings. The number of carboxylic acids is 2. The molecule has 0 fully saturated rings. The van der Waals surface area contributed by atoms with Crippen molar-refractivity contribution in [1.82, 2.24) is 0 Å². The molecule has 0 aliphatic carbocycles. The molecule has 0 saturated carbocycles. The van der Waals surface area contributed by atoms with Crippen LogP contribution < -0.4 is 18.9 Å². The zero-order valence-corrected chi connectivity index (χ0v) is 18.3. The monoisotopic (exact) mass is 464 g/mol. The maximum atomic E-state index is 11.0. The van der Waals surface area contributed by atoms with Crippen molar-refractivity contribution in [3.63, 3.8) is 0 Å². The molecule has 174 valence electrons. The topological polar surface area (TPSA) is 159 Å². The molecule has 0 atom stereocenters. The van der Waals surface area contributed by atoms with Crippen LogP contribution in [0.25, 0.3) is 12.2 Å². The summed E-state index contributed by atoms with van der Waals surface area (Å²) in [6.07, 6.45) is 2.41. The molecule has 2 aromatic rings. The number of hydrogen-bond donors (Lipinski definition) is 2. The van der Waals surface area contributed by atoms with Gasteiger partial charge in [0, 0.05) is 23.3 Å². The lowest BCUT2D eigenvalue weighted by atomic mass is 10.1. The largest absolute Gasteiger partial charge is 0.496 e. The molecular formula is C24H20N2O8. The molecule has 34 heavy (non-hydrogen) atoms. The molecule has 0 heterocycles. The molecule has 0 bridgehead atoms. The van der Waals surface area contributed by atoms with Crippen molar-refractivity contribution in [1.29, 1.82) is 10.5 Å². The Balaban J connectivity index is 2.03. The first-order chi connectivity index (χ1) is 16.3. The zero-order chi connectivity index (χ0) is 25.1. The van der Waals surface area contributed by atoms with Crippen LogP contribution in [0.15, 0.2) is 47.5 Å². The van der Waals surface area contributed by atoms with Crippen LogP contribution in [0.4, 0.5) is 0 Å². The molecule has 0 saturated heterocycles. The summed E-state index contributed by atoms with van der Waals surface area (Å²) in [5, 5.41) is 35.8. The number of hydrogen-bond acceptors (Lipinski definition) is 8. The Morgan fingerprint density at radius 1 is 0.794 bits per heavy atom. The van der Waals surface area contributed by atoms with E-state index in [1.807, 2.05) is 0 Å². The highest BCUT2D eigenvalue weighted by Crippen LogP contribution is 2.28. The molecular weight excluding hydrogens is 444 g/mol. The molecule has 0 amide bonds. The van der Waals surface area contributed by atoms with E-state index in [9.17, 15) is 9.59 Å². The Labute approximate surface area is 195 Å². The lowest BCUT2D eigenvalue weighted by molar-refractivity contribution is -0.133. The van der Waals surface area contributed by atoms with Crippen LogP contribution in [-0.2, 0) is 9.59 Å². The van der Waals surface area contributed by atoms with Crippen LogP contribution in [0.1, 0.15) is 11.1 Å². The Hall–Kier alpha value is -4.96. The summed E-state index contributed by atoms with van der Waals surface area (Å²) in [5.41, 5.74) is -0.0318. The fraction of sp³-hybridized carbons (Fsp3) is 0.167. The van der Waals surface area contributed by atoms with Gasteiger partial charge in [-0.3, -0.25) is 0 Å². The maximum Gasteiger partial charge on any atom is 0.346 e. The molecule has 10 nitrogen and oxygen atoms in total. The van der Waals surface area contributed by atoms with Gasteiger partial charge >= 0.3 is 11.9 Å². The van der Waals surface area contributed by atoms with Gasteiger partial charge in [-0.25, -0.2) is 9.59 Å². The van der Waals surface area contributed by atoms with E-state index in [4.69, 9.17) is 39.7 Å². The number of aliphatic carboxylic acids is 2. The van der Waals surface area contributed by atoms with Crippen LogP contribution >= 0.6 is 0 Å². The first kappa shape index (κ1) is 25.3. The van der Waals surface area contributed by atoms with Gasteiger partial charge in [0.1, 0.15) is 59.5 Å². The van der Waals surface area contributed by atoms with Crippen LogP contribution in [0.5, 0.6) is 23.0 Å². The summed E-state index contributed by atoms with van der Waals surface area (Å²) in [6.45, 7) is 0.330. The van der Waals surface area contributed by atoms with E-state index in [1.54, 1.807) is 48.5 Å². The molecule has 2 aromatic carbocycles. The summed E-state index contributed by atoms with van der Waals surface area (Å²) in [4.78, 5) is 22.0. The number of carbonyl (C=O) groups is 2. The van der Waals surface area contributed by atoms with Crippen LogP contribution in [-0.4, -0.2) is 49.6 Å². The third kappa shape index (κ3) is 6.77. The number of nitrogens with zero attached hydrogens (tertiary/aromatic N) is 2. The minimum absolute atomic E-state index is 0.165. The quantitative estimate of drug-likeness (QED) is 0.287. The van der Waals surface area contributed by atoms with Crippen molar-refractivity contribution in [2.75, 3.05) is 27.4 Å². The maximum absolute atomic E-state index is 11.0. The summed E-state index contributed by atoms with van der Waals surface area (Å²) >= 11 is 0. The second-order valence-electron chi connectivity index (χ2n) is 6.45. The van der Waals surface area contributed by atoms with E-state index < -0.39 is 23.1 Å². The molecule has 2 rings (SSSR count). The predicted octanol–water partition coefficient (Wildman–Crippen LogP) is 3.14. The smallest absolute Gasteiger partial charge is 0.346 e. The number of ether oxygens (including phenoxy) is 4. The van der Waals surface area contributed by atoms with E-state index in [-0.39, 0.29) is 13.2 Å². The lowest BCUT2D eigenvalue weighted by Crippen LogP contribution is -2.09. The molecule has 2 N–H and O–H groups in total. The van der Waals surface area contributed by atoms with Crippen LogP contribution in [0.2, 0.25) is 0 Å². The van der Waals surface area contributed by atoms with Crippen molar-refractivity contribution in [2.24, 2.45) is 0 Å². The van der Waals surface area contributed by atoms with Gasteiger partial charge in [0.05, 0.1) is 14.2 Å². The molecule has 0 radical (unpaired) electrons. The van der Waals surface area contributed by atoms with E-state index in [0.717, 1.165) is 0 Å².